The maximum Gasteiger partial charge on any atom is 0.349 e. The Morgan fingerprint density at radius 1 is 1.04 bits per heavy atom. The molecular formula is C19H14N2O5S2. The molecule has 1 amide bonds. The van der Waals surface area contributed by atoms with Gasteiger partial charge < -0.3 is 10.1 Å². The van der Waals surface area contributed by atoms with E-state index in [1.165, 1.54) is 23.9 Å². The summed E-state index contributed by atoms with van der Waals surface area (Å²) in [4.78, 5) is 36.1. The molecule has 28 heavy (non-hydrogen) atoms. The van der Waals surface area contributed by atoms with Crippen LogP contribution in [0, 0.1) is 10.1 Å². The molecule has 9 heteroatoms. The average Bonchev–Trinajstić information content (AvgIpc) is 3.19. The predicted octanol–water partition coefficient (Wildman–Crippen LogP) is 4.60. The van der Waals surface area contributed by atoms with Gasteiger partial charge in [-0.25, -0.2) is 4.79 Å². The molecule has 0 unspecified atom stereocenters. The summed E-state index contributed by atoms with van der Waals surface area (Å²) in [6.45, 7) is -0.491. The molecule has 0 atom stereocenters. The number of hydrogen-bond donors (Lipinski definition) is 1. The van der Waals surface area contributed by atoms with Gasteiger partial charge in [0.1, 0.15) is 4.88 Å². The number of anilines is 1. The summed E-state index contributed by atoms with van der Waals surface area (Å²) in [6, 6.07) is 19.5. The third-order valence-electron chi connectivity index (χ3n) is 3.44. The van der Waals surface area contributed by atoms with Crippen LogP contribution in [0.2, 0.25) is 0 Å². The standard InChI is InChI=1S/C19H14N2O5S2/c22-17(12-26-19(23)16-10-11-18(28-16)21(24)25)20-14-8-4-5-9-15(14)27-13-6-2-1-3-7-13/h1-11H,12H2,(H,20,22). The quantitative estimate of drug-likeness (QED) is 0.345. The van der Waals surface area contributed by atoms with Crippen LogP contribution in [0.1, 0.15) is 9.67 Å². The minimum absolute atomic E-state index is 0.0690. The van der Waals surface area contributed by atoms with E-state index >= 15 is 0 Å². The van der Waals surface area contributed by atoms with Crippen LogP contribution in [0.5, 0.6) is 0 Å². The smallest absolute Gasteiger partial charge is 0.349 e. The summed E-state index contributed by atoms with van der Waals surface area (Å²) >= 11 is 2.20. The van der Waals surface area contributed by atoms with Crippen LogP contribution in [0.15, 0.2) is 76.5 Å². The van der Waals surface area contributed by atoms with Gasteiger partial charge in [-0.2, -0.15) is 0 Å². The Labute approximate surface area is 168 Å². The number of esters is 1. The van der Waals surface area contributed by atoms with E-state index < -0.39 is 23.4 Å². The summed E-state index contributed by atoms with van der Waals surface area (Å²) in [6.07, 6.45) is 0. The highest BCUT2D eigenvalue weighted by Gasteiger charge is 2.17. The Morgan fingerprint density at radius 3 is 2.46 bits per heavy atom. The maximum absolute atomic E-state index is 12.2. The van der Waals surface area contributed by atoms with Gasteiger partial charge in [0.2, 0.25) is 0 Å². The van der Waals surface area contributed by atoms with Crippen molar-refractivity contribution in [3.8, 4) is 0 Å². The van der Waals surface area contributed by atoms with Gasteiger partial charge in [0.15, 0.2) is 6.61 Å². The van der Waals surface area contributed by atoms with Gasteiger partial charge in [0, 0.05) is 15.9 Å². The van der Waals surface area contributed by atoms with Crippen LogP contribution >= 0.6 is 23.1 Å². The Balaban J connectivity index is 1.59. The monoisotopic (exact) mass is 414 g/mol. The van der Waals surface area contributed by atoms with Crippen LogP contribution in [0.3, 0.4) is 0 Å². The van der Waals surface area contributed by atoms with E-state index in [0.29, 0.717) is 17.0 Å². The van der Waals surface area contributed by atoms with Crippen molar-refractivity contribution < 1.29 is 19.2 Å². The molecule has 0 aliphatic carbocycles. The van der Waals surface area contributed by atoms with Gasteiger partial charge in [0.05, 0.1) is 10.6 Å². The number of nitro groups is 1. The Hall–Kier alpha value is -3.17. The Morgan fingerprint density at radius 2 is 1.75 bits per heavy atom. The molecule has 1 heterocycles. The van der Waals surface area contributed by atoms with E-state index in [2.05, 4.69) is 5.32 Å². The lowest BCUT2D eigenvalue weighted by molar-refractivity contribution is -0.380. The number of carbonyl (C=O) groups excluding carboxylic acids is 2. The summed E-state index contributed by atoms with van der Waals surface area (Å²) in [5.74, 6) is -1.28. The number of nitrogens with zero attached hydrogens (tertiary/aromatic N) is 1. The van der Waals surface area contributed by atoms with E-state index in [1.807, 2.05) is 42.5 Å². The molecule has 0 saturated heterocycles. The van der Waals surface area contributed by atoms with Gasteiger partial charge >= 0.3 is 11.0 Å². The highest BCUT2D eigenvalue weighted by Crippen LogP contribution is 2.33. The lowest BCUT2D eigenvalue weighted by Crippen LogP contribution is -2.20. The summed E-state index contributed by atoms with van der Waals surface area (Å²) in [5, 5.41) is 13.2. The molecular weight excluding hydrogens is 400 g/mol. The van der Waals surface area contributed by atoms with Crippen molar-refractivity contribution in [2.24, 2.45) is 0 Å². The summed E-state index contributed by atoms with van der Waals surface area (Å²) < 4.78 is 4.94. The number of ether oxygens (including phenoxy) is 1. The lowest BCUT2D eigenvalue weighted by Gasteiger charge is -2.11. The molecule has 0 fully saturated rings. The van der Waals surface area contributed by atoms with Crippen molar-refractivity contribution in [2.45, 2.75) is 9.79 Å². The molecule has 3 aromatic rings. The van der Waals surface area contributed by atoms with Crippen molar-refractivity contribution >= 4 is 45.7 Å². The second-order valence-electron chi connectivity index (χ2n) is 5.43. The number of thiophene rings is 1. The van der Waals surface area contributed by atoms with Crippen LogP contribution in [-0.2, 0) is 9.53 Å². The number of carbonyl (C=O) groups is 2. The first-order valence-corrected chi connectivity index (χ1v) is 9.69. The van der Waals surface area contributed by atoms with Crippen LogP contribution in [-0.4, -0.2) is 23.4 Å². The average molecular weight is 414 g/mol. The zero-order valence-corrected chi connectivity index (χ0v) is 16.0. The molecule has 3 rings (SSSR count). The van der Waals surface area contributed by atoms with Crippen molar-refractivity contribution in [1.29, 1.82) is 0 Å². The van der Waals surface area contributed by atoms with Crippen LogP contribution < -0.4 is 5.32 Å². The van der Waals surface area contributed by atoms with Crippen molar-refractivity contribution in [3.05, 3.63) is 81.7 Å². The largest absolute Gasteiger partial charge is 0.451 e. The first-order chi connectivity index (χ1) is 13.5. The van der Waals surface area contributed by atoms with Crippen LogP contribution in [0.4, 0.5) is 10.7 Å². The normalized spacial score (nSPS) is 10.3. The molecule has 7 nitrogen and oxygen atoms in total. The van der Waals surface area contributed by atoms with E-state index in [4.69, 9.17) is 4.74 Å². The fraction of sp³-hybridized carbons (Fsp3) is 0.0526. The number of hydrogen-bond acceptors (Lipinski definition) is 7. The molecule has 1 aromatic heterocycles. The van der Waals surface area contributed by atoms with Gasteiger partial charge in [-0.15, -0.1) is 0 Å². The minimum Gasteiger partial charge on any atom is -0.451 e. The highest BCUT2D eigenvalue weighted by molar-refractivity contribution is 7.99. The molecule has 0 aliphatic rings. The Bertz CT molecular complexity index is 1000. The molecule has 0 bridgehead atoms. The van der Waals surface area contributed by atoms with Crippen molar-refractivity contribution in [3.63, 3.8) is 0 Å². The lowest BCUT2D eigenvalue weighted by atomic mass is 10.3. The Kier molecular flexibility index (Phi) is 6.41. The van der Waals surface area contributed by atoms with E-state index in [0.717, 1.165) is 9.79 Å². The third kappa shape index (κ3) is 5.18. The number of amides is 1. The number of nitrogens with one attached hydrogen (secondary N) is 1. The van der Waals surface area contributed by atoms with E-state index in [9.17, 15) is 19.7 Å². The molecule has 0 aliphatic heterocycles. The minimum atomic E-state index is -0.778. The fourth-order valence-corrected chi connectivity index (χ4v) is 3.84. The number of benzene rings is 2. The first-order valence-electron chi connectivity index (χ1n) is 8.06. The van der Waals surface area contributed by atoms with Crippen molar-refractivity contribution in [2.75, 3.05) is 11.9 Å². The zero-order valence-electron chi connectivity index (χ0n) is 14.4. The van der Waals surface area contributed by atoms with Gasteiger partial charge in [-0.3, -0.25) is 14.9 Å². The molecule has 0 saturated carbocycles. The topological polar surface area (TPSA) is 98.5 Å². The van der Waals surface area contributed by atoms with E-state index in [-0.39, 0.29) is 9.88 Å². The zero-order chi connectivity index (χ0) is 19.9. The second kappa shape index (κ2) is 9.16. The number of rotatable bonds is 7. The van der Waals surface area contributed by atoms with Gasteiger partial charge in [0.25, 0.3) is 5.91 Å². The molecule has 1 N–H and O–H groups in total. The molecule has 0 radical (unpaired) electrons. The third-order valence-corrected chi connectivity index (χ3v) is 5.54. The summed E-state index contributed by atoms with van der Waals surface area (Å²) in [5.41, 5.74) is 0.601. The number of para-hydroxylation sites is 1. The molecule has 0 spiro atoms. The van der Waals surface area contributed by atoms with E-state index in [1.54, 1.807) is 12.1 Å². The van der Waals surface area contributed by atoms with Gasteiger partial charge in [-0.05, 0) is 30.3 Å². The second-order valence-corrected chi connectivity index (χ2v) is 7.61. The highest BCUT2D eigenvalue weighted by atomic mass is 32.2. The molecule has 142 valence electrons. The van der Waals surface area contributed by atoms with Gasteiger partial charge in [-0.1, -0.05) is 53.4 Å². The van der Waals surface area contributed by atoms with Crippen molar-refractivity contribution in [1.82, 2.24) is 0 Å². The fourth-order valence-electron chi connectivity index (χ4n) is 2.20. The SMILES string of the molecule is O=C(COC(=O)c1ccc([N+](=O)[O-])s1)Nc1ccccc1Sc1ccccc1. The molecule has 2 aromatic carbocycles. The summed E-state index contributed by atoms with van der Waals surface area (Å²) in [7, 11) is 0. The maximum atomic E-state index is 12.2. The first kappa shape index (κ1) is 19.6. The predicted molar refractivity (Wildman–Crippen MR) is 107 cm³/mol. The van der Waals surface area contributed by atoms with Crippen LogP contribution in [0.25, 0.3) is 0 Å².